The summed E-state index contributed by atoms with van der Waals surface area (Å²) < 4.78 is 0. The molecule has 0 unspecified atom stereocenters. The Kier molecular flexibility index (Phi) is 2.10. The summed E-state index contributed by atoms with van der Waals surface area (Å²) in [6.45, 7) is 3.72. The molecule has 1 aliphatic rings. The highest BCUT2D eigenvalue weighted by Crippen LogP contribution is 2.34. The summed E-state index contributed by atoms with van der Waals surface area (Å²) in [7, 11) is 0. The fourth-order valence-electron chi connectivity index (χ4n) is 1.95. The van der Waals surface area contributed by atoms with Gasteiger partial charge in [-0.05, 0) is 44.6 Å². The van der Waals surface area contributed by atoms with Crippen LogP contribution in [0.4, 0.5) is 0 Å². The van der Waals surface area contributed by atoms with Crippen LogP contribution in [-0.4, -0.2) is 16.1 Å². The molecule has 1 aliphatic carbocycles. The number of carbonyl (C=O) groups is 1. The molecule has 1 heterocycles. The zero-order valence-electron chi connectivity index (χ0n) is 8.55. The van der Waals surface area contributed by atoms with Gasteiger partial charge >= 0.3 is 5.97 Å². The smallest absolute Gasteiger partial charge is 0.337 e. The standard InChI is InChI=1S/C11H15NO2/c1-6-9(5-8-3-4-8)12-7(2)10(6)11(13)14/h8,12H,3-5H2,1-2H3,(H,13,14). The van der Waals surface area contributed by atoms with Gasteiger partial charge in [0.25, 0.3) is 0 Å². The van der Waals surface area contributed by atoms with E-state index < -0.39 is 5.97 Å². The molecule has 3 heteroatoms. The van der Waals surface area contributed by atoms with Crippen LogP contribution in [-0.2, 0) is 6.42 Å². The van der Waals surface area contributed by atoms with E-state index in [9.17, 15) is 4.79 Å². The molecule has 1 aromatic heterocycles. The van der Waals surface area contributed by atoms with Gasteiger partial charge in [0.15, 0.2) is 0 Å². The molecule has 2 N–H and O–H groups in total. The van der Waals surface area contributed by atoms with Gasteiger partial charge in [0.05, 0.1) is 5.56 Å². The molecular weight excluding hydrogens is 178 g/mol. The molecule has 0 bridgehead atoms. The fourth-order valence-corrected chi connectivity index (χ4v) is 1.95. The second-order valence-electron chi connectivity index (χ2n) is 4.18. The van der Waals surface area contributed by atoms with E-state index in [1.807, 2.05) is 13.8 Å². The second-order valence-corrected chi connectivity index (χ2v) is 4.18. The van der Waals surface area contributed by atoms with Crippen molar-refractivity contribution in [2.24, 2.45) is 5.92 Å². The number of hydrogen-bond acceptors (Lipinski definition) is 1. The minimum absolute atomic E-state index is 0.459. The predicted molar refractivity (Wildman–Crippen MR) is 53.7 cm³/mol. The van der Waals surface area contributed by atoms with Crippen LogP contribution in [0.25, 0.3) is 0 Å². The number of hydrogen-bond donors (Lipinski definition) is 2. The summed E-state index contributed by atoms with van der Waals surface area (Å²) in [5, 5.41) is 8.99. The van der Waals surface area contributed by atoms with Gasteiger partial charge in [0, 0.05) is 11.4 Å². The number of H-pyrrole nitrogens is 1. The first-order valence-corrected chi connectivity index (χ1v) is 5.01. The Morgan fingerprint density at radius 2 is 2.14 bits per heavy atom. The predicted octanol–water partition coefficient (Wildman–Crippen LogP) is 2.28. The van der Waals surface area contributed by atoms with E-state index in [1.54, 1.807) is 0 Å². The van der Waals surface area contributed by atoms with Gasteiger partial charge in [-0.1, -0.05) is 0 Å². The summed E-state index contributed by atoms with van der Waals surface area (Å²) in [5.74, 6) is -0.0355. The number of aromatic amines is 1. The summed E-state index contributed by atoms with van der Waals surface area (Å²) >= 11 is 0. The summed E-state index contributed by atoms with van der Waals surface area (Å²) in [6, 6.07) is 0. The Morgan fingerprint density at radius 1 is 1.50 bits per heavy atom. The number of aryl methyl sites for hydroxylation is 1. The van der Waals surface area contributed by atoms with E-state index in [1.165, 1.54) is 12.8 Å². The number of carboxylic acid groups (broad SMARTS) is 1. The van der Waals surface area contributed by atoms with Crippen molar-refractivity contribution in [3.8, 4) is 0 Å². The highest BCUT2D eigenvalue weighted by Gasteiger charge is 2.25. The van der Waals surface area contributed by atoms with Crippen LogP contribution in [0, 0.1) is 19.8 Å². The fraction of sp³-hybridized carbons (Fsp3) is 0.545. The van der Waals surface area contributed by atoms with E-state index >= 15 is 0 Å². The quantitative estimate of drug-likeness (QED) is 0.773. The molecule has 14 heavy (non-hydrogen) atoms. The monoisotopic (exact) mass is 193 g/mol. The largest absolute Gasteiger partial charge is 0.478 e. The Bertz CT molecular complexity index is 375. The van der Waals surface area contributed by atoms with Crippen molar-refractivity contribution in [1.29, 1.82) is 0 Å². The number of rotatable bonds is 3. The van der Waals surface area contributed by atoms with E-state index in [2.05, 4.69) is 4.98 Å². The molecule has 3 nitrogen and oxygen atoms in total. The third kappa shape index (κ3) is 1.54. The molecule has 0 atom stereocenters. The molecular formula is C11H15NO2. The van der Waals surface area contributed by atoms with Gasteiger partial charge in [-0.3, -0.25) is 0 Å². The zero-order chi connectivity index (χ0) is 10.3. The van der Waals surface area contributed by atoms with Gasteiger partial charge in [0.2, 0.25) is 0 Å². The Labute approximate surface area is 83.1 Å². The summed E-state index contributed by atoms with van der Waals surface area (Å²) in [5.41, 5.74) is 3.27. The van der Waals surface area contributed by atoms with Gasteiger partial charge in [-0.25, -0.2) is 4.79 Å². The normalized spacial score (nSPS) is 15.9. The van der Waals surface area contributed by atoms with Crippen molar-refractivity contribution in [3.05, 3.63) is 22.5 Å². The lowest BCUT2D eigenvalue weighted by Gasteiger charge is -1.97. The summed E-state index contributed by atoms with van der Waals surface area (Å²) in [4.78, 5) is 14.1. The molecule has 0 radical (unpaired) electrons. The molecule has 2 rings (SSSR count). The first kappa shape index (κ1) is 9.31. The molecule has 1 saturated carbocycles. The first-order valence-electron chi connectivity index (χ1n) is 5.01. The van der Waals surface area contributed by atoms with Crippen molar-refractivity contribution in [1.82, 2.24) is 4.98 Å². The number of nitrogens with one attached hydrogen (secondary N) is 1. The van der Waals surface area contributed by atoms with Crippen molar-refractivity contribution in [2.45, 2.75) is 33.1 Å². The van der Waals surface area contributed by atoms with Gasteiger partial charge in [-0.15, -0.1) is 0 Å². The third-order valence-corrected chi connectivity index (χ3v) is 2.94. The van der Waals surface area contributed by atoms with E-state index in [0.29, 0.717) is 5.56 Å². The molecule has 0 spiro atoms. The Hall–Kier alpha value is -1.25. The molecule has 0 amide bonds. The highest BCUT2D eigenvalue weighted by atomic mass is 16.4. The lowest BCUT2D eigenvalue weighted by molar-refractivity contribution is 0.0695. The number of carboxylic acids is 1. The molecule has 0 aromatic carbocycles. The van der Waals surface area contributed by atoms with Crippen LogP contribution in [0.15, 0.2) is 0 Å². The topological polar surface area (TPSA) is 53.1 Å². The molecule has 1 aromatic rings. The maximum absolute atomic E-state index is 10.9. The van der Waals surface area contributed by atoms with Crippen LogP contribution in [0.3, 0.4) is 0 Å². The number of aromatic nitrogens is 1. The van der Waals surface area contributed by atoms with Crippen molar-refractivity contribution < 1.29 is 9.90 Å². The van der Waals surface area contributed by atoms with Crippen molar-refractivity contribution >= 4 is 5.97 Å². The Balaban J connectivity index is 2.32. The maximum Gasteiger partial charge on any atom is 0.337 e. The van der Waals surface area contributed by atoms with Crippen LogP contribution < -0.4 is 0 Å². The van der Waals surface area contributed by atoms with Crippen LogP contribution in [0.2, 0.25) is 0 Å². The SMILES string of the molecule is Cc1[nH]c(CC2CC2)c(C)c1C(=O)O. The minimum atomic E-state index is -0.821. The van der Waals surface area contributed by atoms with Crippen LogP contribution in [0.1, 0.15) is 40.2 Å². The van der Waals surface area contributed by atoms with Crippen molar-refractivity contribution in [2.75, 3.05) is 0 Å². The van der Waals surface area contributed by atoms with Gasteiger partial charge < -0.3 is 10.1 Å². The molecule has 1 fully saturated rings. The first-order chi connectivity index (χ1) is 6.59. The van der Waals surface area contributed by atoms with Crippen LogP contribution >= 0.6 is 0 Å². The van der Waals surface area contributed by atoms with E-state index in [-0.39, 0.29) is 0 Å². The lowest BCUT2D eigenvalue weighted by atomic mass is 10.1. The van der Waals surface area contributed by atoms with E-state index in [0.717, 1.165) is 29.3 Å². The van der Waals surface area contributed by atoms with Gasteiger partial charge in [-0.2, -0.15) is 0 Å². The second kappa shape index (κ2) is 3.15. The maximum atomic E-state index is 10.9. The van der Waals surface area contributed by atoms with Gasteiger partial charge in [0.1, 0.15) is 0 Å². The zero-order valence-corrected chi connectivity index (χ0v) is 8.55. The third-order valence-electron chi connectivity index (χ3n) is 2.94. The molecule has 0 aliphatic heterocycles. The highest BCUT2D eigenvalue weighted by molar-refractivity contribution is 5.91. The average molecular weight is 193 g/mol. The van der Waals surface area contributed by atoms with E-state index in [4.69, 9.17) is 5.11 Å². The van der Waals surface area contributed by atoms with Crippen LogP contribution in [0.5, 0.6) is 0 Å². The molecule has 76 valence electrons. The average Bonchev–Trinajstić information content (AvgIpc) is 2.81. The minimum Gasteiger partial charge on any atom is -0.478 e. The Morgan fingerprint density at radius 3 is 2.57 bits per heavy atom. The summed E-state index contributed by atoms with van der Waals surface area (Å²) in [6.07, 6.45) is 3.60. The molecule has 0 saturated heterocycles. The number of aromatic carboxylic acids is 1. The van der Waals surface area contributed by atoms with Crippen molar-refractivity contribution in [3.63, 3.8) is 0 Å². The lowest BCUT2D eigenvalue weighted by Crippen LogP contribution is -1.99.